The lowest BCUT2D eigenvalue weighted by molar-refractivity contribution is 0.511. The van der Waals surface area contributed by atoms with Crippen LogP contribution < -0.4 is 5.32 Å². The number of hydrogen-bond donors (Lipinski definition) is 1. The molecule has 1 aromatic carbocycles. The summed E-state index contributed by atoms with van der Waals surface area (Å²) in [4.78, 5) is 4.05. The molecule has 3 rings (SSSR count). The summed E-state index contributed by atoms with van der Waals surface area (Å²) in [6, 6.07) is 3.26. The molecule has 4 nitrogen and oxygen atoms in total. The lowest BCUT2D eigenvalue weighted by Crippen LogP contribution is -2.24. The molecule has 1 unspecified atom stereocenters. The fourth-order valence-corrected chi connectivity index (χ4v) is 2.43. The topological polar surface area (TPSA) is 42.2 Å². The van der Waals surface area contributed by atoms with Crippen LogP contribution in [0.25, 0.3) is 5.52 Å². The predicted octanol–water partition coefficient (Wildman–Crippen LogP) is 2.71. The van der Waals surface area contributed by atoms with Gasteiger partial charge in [0.2, 0.25) is 0 Å². The summed E-state index contributed by atoms with van der Waals surface area (Å²) >= 11 is 0. The van der Waals surface area contributed by atoms with Gasteiger partial charge in [0.05, 0.1) is 24.0 Å². The van der Waals surface area contributed by atoms with Gasteiger partial charge in [0.15, 0.2) is 0 Å². The standard InChI is InChI=1S/C15H14F2N4/c1-2-19-15(14-11(16)4-3-5-12(14)17)10-8-20-21-7-6-18-9-13(10)21/h3-9,15,19H,2H2,1H3. The first-order valence-electron chi connectivity index (χ1n) is 6.67. The van der Waals surface area contributed by atoms with Gasteiger partial charge in [-0.25, -0.2) is 13.3 Å². The molecule has 6 heteroatoms. The number of benzene rings is 1. The van der Waals surface area contributed by atoms with E-state index < -0.39 is 17.7 Å². The molecule has 2 aromatic heterocycles. The van der Waals surface area contributed by atoms with E-state index in [4.69, 9.17) is 0 Å². The van der Waals surface area contributed by atoms with Gasteiger partial charge in [-0.3, -0.25) is 4.98 Å². The summed E-state index contributed by atoms with van der Waals surface area (Å²) in [7, 11) is 0. The van der Waals surface area contributed by atoms with Crippen LogP contribution in [-0.4, -0.2) is 21.1 Å². The third-order valence-electron chi connectivity index (χ3n) is 3.36. The van der Waals surface area contributed by atoms with E-state index in [-0.39, 0.29) is 5.56 Å². The first-order chi connectivity index (χ1) is 10.2. The van der Waals surface area contributed by atoms with Crippen LogP contribution in [0.4, 0.5) is 8.78 Å². The van der Waals surface area contributed by atoms with E-state index in [9.17, 15) is 8.78 Å². The summed E-state index contributed by atoms with van der Waals surface area (Å²) in [5.74, 6) is -1.16. The van der Waals surface area contributed by atoms with Crippen molar-refractivity contribution in [2.24, 2.45) is 0 Å². The van der Waals surface area contributed by atoms with Crippen LogP contribution in [0, 0.1) is 11.6 Å². The van der Waals surface area contributed by atoms with E-state index in [2.05, 4.69) is 15.4 Å². The highest BCUT2D eigenvalue weighted by atomic mass is 19.1. The molecule has 1 atom stereocenters. The molecular formula is C15H14F2N4. The Kier molecular flexibility index (Phi) is 3.62. The Morgan fingerprint density at radius 2 is 2.00 bits per heavy atom. The van der Waals surface area contributed by atoms with Gasteiger partial charge in [0.25, 0.3) is 0 Å². The average molecular weight is 288 g/mol. The zero-order valence-corrected chi connectivity index (χ0v) is 11.4. The van der Waals surface area contributed by atoms with Crippen LogP contribution in [0.1, 0.15) is 24.1 Å². The van der Waals surface area contributed by atoms with Crippen molar-refractivity contribution in [3.63, 3.8) is 0 Å². The van der Waals surface area contributed by atoms with Crippen LogP contribution in [-0.2, 0) is 0 Å². The minimum Gasteiger partial charge on any atom is -0.306 e. The second kappa shape index (κ2) is 5.57. The number of aromatic nitrogens is 3. The summed E-state index contributed by atoms with van der Waals surface area (Å²) in [5.41, 5.74) is 1.40. The van der Waals surface area contributed by atoms with Crippen molar-refractivity contribution in [1.29, 1.82) is 0 Å². The summed E-state index contributed by atoms with van der Waals surface area (Å²) in [6.45, 7) is 2.45. The number of nitrogens with one attached hydrogen (secondary N) is 1. The van der Waals surface area contributed by atoms with Crippen molar-refractivity contribution in [3.8, 4) is 0 Å². The Morgan fingerprint density at radius 1 is 1.24 bits per heavy atom. The van der Waals surface area contributed by atoms with E-state index >= 15 is 0 Å². The highest BCUT2D eigenvalue weighted by Gasteiger charge is 2.24. The number of nitrogens with zero attached hydrogens (tertiary/aromatic N) is 3. The molecule has 0 aliphatic carbocycles. The van der Waals surface area contributed by atoms with Gasteiger partial charge in [0, 0.05) is 23.5 Å². The molecule has 0 fully saturated rings. The number of hydrogen-bond acceptors (Lipinski definition) is 3. The average Bonchev–Trinajstić information content (AvgIpc) is 2.90. The van der Waals surface area contributed by atoms with Crippen molar-refractivity contribution in [3.05, 3.63) is 65.7 Å². The molecule has 3 aromatic rings. The minimum atomic E-state index is -0.613. The maximum Gasteiger partial charge on any atom is 0.131 e. The predicted molar refractivity (Wildman–Crippen MR) is 74.9 cm³/mol. The van der Waals surface area contributed by atoms with Gasteiger partial charge in [-0.15, -0.1) is 0 Å². The van der Waals surface area contributed by atoms with E-state index in [0.717, 1.165) is 0 Å². The van der Waals surface area contributed by atoms with Crippen LogP contribution in [0.5, 0.6) is 0 Å². The van der Waals surface area contributed by atoms with Crippen LogP contribution in [0.2, 0.25) is 0 Å². The molecule has 108 valence electrons. The molecule has 0 aliphatic rings. The first-order valence-corrected chi connectivity index (χ1v) is 6.67. The molecule has 0 radical (unpaired) electrons. The smallest absolute Gasteiger partial charge is 0.131 e. The molecule has 0 amide bonds. The molecule has 2 heterocycles. The molecule has 0 spiro atoms. The Hall–Kier alpha value is -2.34. The zero-order valence-electron chi connectivity index (χ0n) is 11.4. The van der Waals surface area contributed by atoms with Crippen LogP contribution in [0.15, 0.2) is 43.0 Å². The van der Waals surface area contributed by atoms with Crippen molar-refractivity contribution in [1.82, 2.24) is 19.9 Å². The third kappa shape index (κ3) is 2.38. The third-order valence-corrected chi connectivity index (χ3v) is 3.36. The Labute approximate surface area is 120 Å². The Morgan fingerprint density at radius 3 is 2.71 bits per heavy atom. The molecular weight excluding hydrogens is 274 g/mol. The summed E-state index contributed by atoms with van der Waals surface area (Å²) < 4.78 is 29.8. The van der Waals surface area contributed by atoms with Gasteiger partial charge in [0.1, 0.15) is 11.6 Å². The fourth-order valence-electron chi connectivity index (χ4n) is 2.43. The quantitative estimate of drug-likeness (QED) is 0.802. The summed E-state index contributed by atoms with van der Waals surface area (Å²) in [5, 5.41) is 7.31. The van der Waals surface area contributed by atoms with Gasteiger partial charge in [-0.2, -0.15) is 5.10 Å². The summed E-state index contributed by atoms with van der Waals surface area (Å²) in [6.07, 6.45) is 6.54. The monoisotopic (exact) mass is 288 g/mol. The lowest BCUT2D eigenvalue weighted by Gasteiger charge is -2.18. The van der Waals surface area contributed by atoms with Crippen LogP contribution in [0.3, 0.4) is 0 Å². The molecule has 0 saturated carbocycles. The maximum absolute atomic E-state index is 14.1. The molecule has 21 heavy (non-hydrogen) atoms. The number of halogens is 2. The molecule has 1 N–H and O–H groups in total. The van der Waals surface area contributed by atoms with Crippen molar-refractivity contribution in [2.75, 3.05) is 6.54 Å². The highest BCUT2D eigenvalue weighted by Crippen LogP contribution is 2.29. The maximum atomic E-state index is 14.1. The SMILES string of the molecule is CCNC(c1c(F)cccc1F)c1cnn2ccncc12. The second-order valence-corrected chi connectivity index (χ2v) is 4.63. The largest absolute Gasteiger partial charge is 0.306 e. The lowest BCUT2D eigenvalue weighted by atomic mass is 9.99. The van der Waals surface area contributed by atoms with Crippen molar-refractivity contribution < 1.29 is 8.78 Å². The molecule has 0 saturated heterocycles. The van der Waals surface area contributed by atoms with Gasteiger partial charge < -0.3 is 5.32 Å². The van der Waals surface area contributed by atoms with E-state index in [1.54, 1.807) is 29.3 Å². The van der Waals surface area contributed by atoms with E-state index in [1.165, 1.54) is 18.2 Å². The normalized spacial score (nSPS) is 12.7. The minimum absolute atomic E-state index is 0.00176. The Bertz CT molecular complexity index is 749. The van der Waals surface area contributed by atoms with Crippen molar-refractivity contribution >= 4 is 5.52 Å². The van der Waals surface area contributed by atoms with Gasteiger partial charge >= 0.3 is 0 Å². The van der Waals surface area contributed by atoms with Crippen LogP contribution >= 0.6 is 0 Å². The Balaban J connectivity index is 2.18. The van der Waals surface area contributed by atoms with Gasteiger partial charge in [-0.05, 0) is 18.7 Å². The molecule has 0 aliphatic heterocycles. The number of rotatable bonds is 4. The van der Waals surface area contributed by atoms with Gasteiger partial charge in [-0.1, -0.05) is 13.0 Å². The van der Waals surface area contributed by atoms with E-state index in [0.29, 0.717) is 17.6 Å². The second-order valence-electron chi connectivity index (χ2n) is 4.63. The van der Waals surface area contributed by atoms with Crippen molar-refractivity contribution in [2.45, 2.75) is 13.0 Å². The number of fused-ring (bicyclic) bond motifs is 1. The molecule has 0 bridgehead atoms. The first kappa shape index (κ1) is 13.6. The van der Waals surface area contributed by atoms with E-state index in [1.807, 2.05) is 6.92 Å². The fraction of sp³-hybridized carbons (Fsp3) is 0.200. The zero-order chi connectivity index (χ0) is 14.8. The highest BCUT2D eigenvalue weighted by molar-refractivity contribution is 5.55.